The van der Waals surface area contributed by atoms with Crippen LogP contribution in [0.25, 0.3) is 10.9 Å². The van der Waals surface area contributed by atoms with Crippen molar-refractivity contribution in [3.63, 3.8) is 0 Å². The number of aliphatic hydroxyl groups is 1. The Morgan fingerprint density at radius 3 is 3.00 bits per heavy atom. The Labute approximate surface area is 117 Å². The van der Waals surface area contributed by atoms with Crippen molar-refractivity contribution >= 4 is 22.5 Å². The molecule has 1 atom stereocenters. The van der Waals surface area contributed by atoms with E-state index in [1.165, 1.54) is 0 Å². The van der Waals surface area contributed by atoms with Crippen molar-refractivity contribution in [3.05, 3.63) is 36.5 Å². The van der Waals surface area contributed by atoms with Gasteiger partial charge in [0.1, 0.15) is 0 Å². The van der Waals surface area contributed by atoms with Crippen LogP contribution in [-0.4, -0.2) is 35.3 Å². The maximum absolute atomic E-state index is 11.9. The van der Waals surface area contributed by atoms with Crippen LogP contribution in [0.2, 0.25) is 0 Å². The van der Waals surface area contributed by atoms with Gasteiger partial charge in [0.05, 0.1) is 36.9 Å². The van der Waals surface area contributed by atoms with Crippen molar-refractivity contribution in [1.29, 1.82) is 0 Å². The van der Waals surface area contributed by atoms with E-state index >= 15 is 0 Å². The van der Waals surface area contributed by atoms with Crippen LogP contribution in [0.15, 0.2) is 36.5 Å². The molecule has 5 nitrogen and oxygen atoms in total. The third kappa shape index (κ3) is 3.76. The molecule has 0 aliphatic heterocycles. The molecule has 1 aromatic heterocycles. The zero-order chi connectivity index (χ0) is 14.4. The van der Waals surface area contributed by atoms with Gasteiger partial charge in [0.15, 0.2) is 0 Å². The molecule has 20 heavy (non-hydrogen) atoms. The molecular weight excluding hydrogens is 256 g/mol. The number of para-hydroxylation sites is 1. The fraction of sp³-hybridized carbons (Fsp3) is 0.333. The number of amides is 1. The van der Waals surface area contributed by atoms with Crippen LogP contribution >= 0.6 is 0 Å². The van der Waals surface area contributed by atoms with Crippen LogP contribution in [0.1, 0.15) is 13.3 Å². The number of aromatic nitrogens is 1. The average molecular weight is 274 g/mol. The van der Waals surface area contributed by atoms with Crippen LogP contribution in [0.5, 0.6) is 0 Å². The second kappa shape index (κ2) is 6.98. The third-order valence-corrected chi connectivity index (χ3v) is 2.87. The first-order valence-corrected chi connectivity index (χ1v) is 6.57. The summed E-state index contributed by atoms with van der Waals surface area (Å²) >= 11 is 0. The number of nitrogens with one attached hydrogen (secondary N) is 1. The lowest BCUT2D eigenvalue weighted by Gasteiger charge is -2.13. The van der Waals surface area contributed by atoms with E-state index < -0.39 is 0 Å². The number of carbonyl (C=O) groups excluding carboxylic acids is 1. The molecule has 0 saturated carbocycles. The standard InChI is InChI=1S/C15H18N2O3/c1-11(20-9-8-18)10-14(19)17-13-6-2-4-12-5-3-7-16-15(12)13/h2-7,11,18H,8-10H2,1H3,(H,17,19). The minimum Gasteiger partial charge on any atom is -0.394 e. The van der Waals surface area contributed by atoms with E-state index in [1.54, 1.807) is 13.1 Å². The summed E-state index contributed by atoms with van der Waals surface area (Å²) in [6.07, 6.45) is 1.71. The molecule has 5 heteroatoms. The fourth-order valence-corrected chi connectivity index (χ4v) is 1.98. The minimum atomic E-state index is -0.231. The number of anilines is 1. The number of benzene rings is 1. The average Bonchev–Trinajstić information content (AvgIpc) is 2.45. The van der Waals surface area contributed by atoms with Gasteiger partial charge in [-0.25, -0.2) is 0 Å². The van der Waals surface area contributed by atoms with Gasteiger partial charge in [-0.05, 0) is 19.1 Å². The Balaban J connectivity index is 2.03. The van der Waals surface area contributed by atoms with Gasteiger partial charge in [0, 0.05) is 11.6 Å². The highest BCUT2D eigenvalue weighted by molar-refractivity contribution is 6.00. The second-order valence-electron chi connectivity index (χ2n) is 4.54. The fourth-order valence-electron chi connectivity index (χ4n) is 1.98. The summed E-state index contributed by atoms with van der Waals surface area (Å²) in [6.45, 7) is 2.00. The predicted molar refractivity (Wildman–Crippen MR) is 77.5 cm³/mol. The highest BCUT2D eigenvalue weighted by Gasteiger charge is 2.11. The molecular formula is C15H18N2O3. The van der Waals surface area contributed by atoms with Crippen molar-refractivity contribution < 1.29 is 14.6 Å². The van der Waals surface area contributed by atoms with E-state index in [1.807, 2.05) is 30.3 Å². The van der Waals surface area contributed by atoms with Crippen LogP contribution in [0.3, 0.4) is 0 Å². The maximum Gasteiger partial charge on any atom is 0.227 e. The third-order valence-electron chi connectivity index (χ3n) is 2.87. The number of hydrogen-bond acceptors (Lipinski definition) is 4. The van der Waals surface area contributed by atoms with Gasteiger partial charge in [0.25, 0.3) is 0 Å². The summed E-state index contributed by atoms with van der Waals surface area (Å²) in [4.78, 5) is 16.2. The largest absolute Gasteiger partial charge is 0.394 e. The summed E-state index contributed by atoms with van der Waals surface area (Å²) in [6, 6.07) is 9.46. The number of fused-ring (bicyclic) bond motifs is 1. The van der Waals surface area contributed by atoms with Gasteiger partial charge >= 0.3 is 0 Å². The molecule has 0 saturated heterocycles. The topological polar surface area (TPSA) is 71.5 Å². The van der Waals surface area contributed by atoms with Gasteiger partial charge in [0.2, 0.25) is 5.91 Å². The first-order chi connectivity index (χ1) is 9.70. The van der Waals surface area contributed by atoms with Crippen LogP contribution in [0, 0.1) is 0 Å². The van der Waals surface area contributed by atoms with Gasteiger partial charge < -0.3 is 15.2 Å². The number of hydrogen-bond donors (Lipinski definition) is 2. The lowest BCUT2D eigenvalue weighted by Crippen LogP contribution is -2.21. The first-order valence-electron chi connectivity index (χ1n) is 6.57. The molecule has 2 N–H and O–H groups in total. The van der Waals surface area contributed by atoms with Gasteiger partial charge in [-0.1, -0.05) is 18.2 Å². The molecule has 2 rings (SSSR count). The first kappa shape index (κ1) is 14.4. The summed E-state index contributed by atoms with van der Waals surface area (Å²) in [5, 5.41) is 12.5. The molecule has 0 bridgehead atoms. The van der Waals surface area contributed by atoms with E-state index in [4.69, 9.17) is 9.84 Å². The lowest BCUT2D eigenvalue weighted by atomic mass is 10.2. The molecule has 1 amide bonds. The molecule has 1 unspecified atom stereocenters. The van der Waals surface area contributed by atoms with Crippen molar-refractivity contribution in [2.75, 3.05) is 18.5 Å². The summed E-state index contributed by atoms with van der Waals surface area (Å²) in [5.41, 5.74) is 1.47. The number of rotatable bonds is 6. The Hall–Kier alpha value is -1.98. The van der Waals surface area contributed by atoms with E-state index in [9.17, 15) is 4.79 Å². The van der Waals surface area contributed by atoms with Crippen LogP contribution in [0.4, 0.5) is 5.69 Å². The van der Waals surface area contributed by atoms with E-state index in [0.717, 1.165) is 10.9 Å². The number of nitrogens with zero attached hydrogens (tertiary/aromatic N) is 1. The second-order valence-corrected chi connectivity index (χ2v) is 4.54. The van der Waals surface area contributed by atoms with Crippen molar-refractivity contribution in [1.82, 2.24) is 4.98 Å². The highest BCUT2D eigenvalue weighted by atomic mass is 16.5. The monoisotopic (exact) mass is 274 g/mol. The minimum absolute atomic E-state index is 0.0425. The molecule has 106 valence electrons. The number of carbonyl (C=O) groups is 1. The molecule has 1 heterocycles. The quantitative estimate of drug-likeness (QED) is 0.844. The Bertz CT molecular complexity index is 581. The van der Waals surface area contributed by atoms with Crippen molar-refractivity contribution in [2.24, 2.45) is 0 Å². The molecule has 0 radical (unpaired) electrons. The van der Waals surface area contributed by atoms with Crippen LogP contribution in [-0.2, 0) is 9.53 Å². The van der Waals surface area contributed by atoms with Crippen molar-refractivity contribution in [3.8, 4) is 0 Å². The zero-order valence-corrected chi connectivity index (χ0v) is 11.4. The zero-order valence-electron chi connectivity index (χ0n) is 11.4. The van der Waals surface area contributed by atoms with E-state index in [2.05, 4.69) is 10.3 Å². The van der Waals surface area contributed by atoms with E-state index in [0.29, 0.717) is 5.69 Å². The SMILES string of the molecule is CC(CC(=O)Nc1cccc2cccnc12)OCCO. The molecule has 1 aromatic carbocycles. The molecule has 2 aromatic rings. The smallest absolute Gasteiger partial charge is 0.227 e. The summed E-state index contributed by atoms with van der Waals surface area (Å²) < 4.78 is 5.26. The Morgan fingerprint density at radius 1 is 1.40 bits per heavy atom. The summed E-state index contributed by atoms with van der Waals surface area (Å²) in [5.74, 6) is -0.131. The Morgan fingerprint density at radius 2 is 2.20 bits per heavy atom. The lowest BCUT2D eigenvalue weighted by molar-refractivity contribution is -0.118. The van der Waals surface area contributed by atoms with Gasteiger partial charge in [-0.3, -0.25) is 9.78 Å². The number of ether oxygens (including phenoxy) is 1. The normalized spacial score (nSPS) is 12.3. The number of aliphatic hydroxyl groups excluding tert-OH is 1. The summed E-state index contributed by atoms with van der Waals surface area (Å²) in [7, 11) is 0. The Kier molecular flexibility index (Phi) is 5.03. The molecule has 0 spiro atoms. The number of pyridine rings is 1. The molecule has 0 aliphatic rings. The predicted octanol–water partition coefficient (Wildman–Crippen LogP) is 1.96. The molecule has 0 fully saturated rings. The van der Waals surface area contributed by atoms with Crippen LogP contribution < -0.4 is 5.32 Å². The highest BCUT2D eigenvalue weighted by Crippen LogP contribution is 2.20. The molecule has 0 aliphatic carbocycles. The van der Waals surface area contributed by atoms with E-state index in [-0.39, 0.29) is 31.6 Å². The maximum atomic E-state index is 11.9. The van der Waals surface area contributed by atoms with Gasteiger partial charge in [-0.15, -0.1) is 0 Å². The van der Waals surface area contributed by atoms with Gasteiger partial charge in [-0.2, -0.15) is 0 Å². The van der Waals surface area contributed by atoms with Crippen molar-refractivity contribution in [2.45, 2.75) is 19.4 Å².